The summed E-state index contributed by atoms with van der Waals surface area (Å²) in [6.45, 7) is 5.16. The minimum absolute atomic E-state index is 0.140. The second-order valence-corrected chi connectivity index (χ2v) is 7.94. The molecular weight excluding hydrogens is 382 g/mol. The maximum Gasteiger partial charge on any atom is 0.408 e. The number of carbonyl (C=O) groups excluding carboxylic acids is 1. The maximum atomic E-state index is 11.9. The molecule has 30 heavy (non-hydrogen) atoms. The van der Waals surface area contributed by atoms with Gasteiger partial charge in [0.1, 0.15) is 17.5 Å². The van der Waals surface area contributed by atoms with Crippen molar-refractivity contribution in [1.29, 1.82) is 0 Å². The van der Waals surface area contributed by atoms with Crippen molar-refractivity contribution >= 4 is 34.3 Å². The lowest BCUT2D eigenvalue weighted by atomic mass is 10.1. The van der Waals surface area contributed by atoms with Crippen molar-refractivity contribution in [1.82, 2.24) is 10.3 Å². The molecule has 156 valence electrons. The lowest BCUT2D eigenvalue weighted by Gasteiger charge is -2.22. The zero-order valence-corrected chi connectivity index (χ0v) is 17.2. The molecule has 0 spiro atoms. The van der Waals surface area contributed by atoms with Gasteiger partial charge in [-0.25, -0.2) is 14.6 Å². The van der Waals surface area contributed by atoms with Gasteiger partial charge in [0, 0.05) is 23.7 Å². The molecule has 1 atom stereocenters. The Labute approximate surface area is 175 Å². The smallest absolute Gasteiger partial charge is 0.408 e. The SMILES string of the molecule is CC(C)(C)OC(=O)N[C@@H](Cc1ccc(Nc2nccc3ccccc23)cc1)C(=O)O. The Morgan fingerprint density at radius 3 is 2.43 bits per heavy atom. The lowest BCUT2D eigenvalue weighted by Crippen LogP contribution is -2.44. The van der Waals surface area contributed by atoms with Gasteiger partial charge in [-0.15, -0.1) is 0 Å². The van der Waals surface area contributed by atoms with Crippen LogP contribution < -0.4 is 10.6 Å². The van der Waals surface area contributed by atoms with E-state index in [0.717, 1.165) is 27.8 Å². The number of aromatic nitrogens is 1. The standard InChI is InChI=1S/C23H25N3O4/c1-23(2,3)30-22(29)26-19(21(27)28)14-15-8-10-17(11-9-15)25-20-18-7-5-4-6-16(18)12-13-24-20/h4-13,19H,14H2,1-3H3,(H,24,25)(H,26,29)(H,27,28)/t19-/m0/s1. The van der Waals surface area contributed by atoms with Gasteiger partial charge in [-0.05, 0) is 49.9 Å². The van der Waals surface area contributed by atoms with Crippen molar-refractivity contribution in [3.63, 3.8) is 0 Å². The number of benzene rings is 2. The van der Waals surface area contributed by atoms with Crippen molar-refractivity contribution in [3.8, 4) is 0 Å². The molecule has 0 fully saturated rings. The molecule has 7 nitrogen and oxygen atoms in total. The summed E-state index contributed by atoms with van der Waals surface area (Å²) in [4.78, 5) is 27.9. The molecular formula is C23H25N3O4. The average Bonchev–Trinajstić information content (AvgIpc) is 2.67. The molecule has 0 unspecified atom stereocenters. The summed E-state index contributed by atoms with van der Waals surface area (Å²) >= 11 is 0. The molecule has 0 aliphatic rings. The Balaban J connectivity index is 1.68. The summed E-state index contributed by atoms with van der Waals surface area (Å²) in [5.74, 6) is -0.376. The van der Waals surface area contributed by atoms with E-state index in [0.29, 0.717) is 0 Å². The molecule has 1 aromatic heterocycles. The van der Waals surface area contributed by atoms with Crippen LogP contribution in [0.2, 0.25) is 0 Å². The predicted molar refractivity (Wildman–Crippen MR) is 116 cm³/mol. The van der Waals surface area contributed by atoms with Crippen LogP contribution in [0.15, 0.2) is 60.8 Å². The summed E-state index contributed by atoms with van der Waals surface area (Å²) in [6, 6.07) is 16.2. The minimum atomic E-state index is -1.12. The molecule has 0 saturated carbocycles. The van der Waals surface area contributed by atoms with Crippen molar-refractivity contribution in [3.05, 3.63) is 66.4 Å². The number of pyridine rings is 1. The van der Waals surface area contributed by atoms with E-state index >= 15 is 0 Å². The minimum Gasteiger partial charge on any atom is -0.480 e. The van der Waals surface area contributed by atoms with Crippen LogP contribution in [0.3, 0.4) is 0 Å². The van der Waals surface area contributed by atoms with E-state index in [1.807, 2.05) is 54.6 Å². The number of rotatable bonds is 6. The van der Waals surface area contributed by atoms with E-state index in [1.54, 1.807) is 27.0 Å². The van der Waals surface area contributed by atoms with E-state index < -0.39 is 23.7 Å². The fraction of sp³-hybridized carbons (Fsp3) is 0.261. The van der Waals surface area contributed by atoms with Gasteiger partial charge in [-0.2, -0.15) is 0 Å². The number of aliphatic carboxylic acids is 1. The first-order valence-electron chi connectivity index (χ1n) is 9.63. The highest BCUT2D eigenvalue weighted by Gasteiger charge is 2.24. The van der Waals surface area contributed by atoms with Crippen LogP contribution in [-0.4, -0.2) is 33.8 Å². The molecule has 7 heteroatoms. The molecule has 1 heterocycles. The summed E-state index contributed by atoms with van der Waals surface area (Å²) in [7, 11) is 0. The normalized spacial score (nSPS) is 12.2. The summed E-state index contributed by atoms with van der Waals surface area (Å²) < 4.78 is 5.15. The second-order valence-electron chi connectivity index (χ2n) is 7.94. The Kier molecular flexibility index (Phi) is 6.20. The van der Waals surface area contributed by atoms with Gasteiger partial charge in [0.25, 0.3) is 0 Å². The molecule has 0 bridgehead atoms. The number of fused-ring (bicyclic) bond motifs is 1. The Morgan fingerprint density at radius 1 is 1.07 bits per heavy atom. The molecule has 0 radical (unpaired) electrons. The number of hydrogen-bond donors (Lipinski definition) is 3. The molecule has 3 rings (SSSR count). The number of carboxylic acid groups (broad SMARTS) is 1. The predicted octanol–water partition coefficient (Wildman–Crippen LogP) is 4.50. The van der Waals surface area contributed by atoms with Crippen LogP contribution in [0.5, 0.6) is 0 Å². The van der Waals surface area contributed by atoms with Crippen LogP contribution >= 0.6 is 0 Å². The van der Waals surface area contributed by atoms with E-state index in [-0.39, 0.29) is 6.42 Å². The molecule has 3 aromatic rings. The highest BCUT2D eigenvalue weighted by Crippen LogP contribution is 2.24. The van der Waals surface area contributed by atoms with Gasteiger partial charge < -0.3 is 20.5 Å². The molecule has 0 aliphatic carbocycles. The Hall–Kier alpha value is -3.61. The van der Waals surface area contributed by atoms with E-state index in [4.69, 9.17) is 4.74 Å². The largest absolute Gasteiger partial charge is 0.480 e. The zero-order valence-electron chi connectivity index (χ0n) is 17.2. The number of carbonyl (C=O) groups is 2. The van der Waals surface area contributed by atoms with Gasteiger partial charge in [-0.3, -0.25) is 0 Å². The number of ether oxygens (including phenoxy) is 1. The number of carboxylic acids is 1. The van der Waals surface area contributed by atoms with Gasteiger partial charge in [-0.1, -0.05) is 36.4 Å². The van der Waals surface area contributed by atoms with E-state index in [1.165, 1.54) is 0 Å². The monoisotopic (exact) mass is 407 g/mol. The van der Waals surface area contributed by atoms with Crippen LogP contribution in [-0.2, 0) is 16.0 Å². The van der Waals surface area contributed by atoms with E-state index in [2.05, 4.69) is 15.6 Å². The van der Waals surface area contributed by atoms with Gasteiger partial charge >= 0.3 is 12.1 Å². The molecule has 2 aromatic carbocycles. The quantitative estimate of drug-likeness (QED) is 0.556. The van der Waals surface area contributed by atoms with Crippen LogP contribution in [0.4, 0.5) is 16.3 Å². The maximum absolute atomic E-state index is 11.9. The fourth-order valence-corrected chi connectivity index (χ4v) is 2.97. The van der Waals surface area contributed by atoms with Crippen molar-refractivity contribution in [2.45, 2.75) is 38.8 Å². The molecule has 1 amide bonds. The fourth-order valence-electron chi connectivity index (χ4n) is 2.97. The van der Waals surface area contributed by atoms with Gasteiger partial charge in [0.05, 0.1) is 0 Å². The molecule has 0 aliphatic heterocycles. The van der Waals surface area contributed by atoms with Crippen LogP contribution in [0.1, 0.15) is 26.3 Å². The second kappa shape index (κ2) is 8.82. The highest BCUT2D eigenvalue weighted by molar-refractivity contribution is 5.93. The van der Waals surface area contributed by atoms with Crippen molar-refractivity contribution < 1.29 is 19.4 Å². The van der Waals surface area contributed by atoms with Crippen LogP contribution in [0.25, 0.3) is 10.8 Å². The summed E-state index contributed by atoms with van der Waals surface area (Å²) in [6.07, 6.45) is 1.13. The number of amides is 1. The Bertz CT molecular complexity index is 1040. The van der Waals surface area contributed by atoms with Crippen molar-refractivity contribution in [2.24, 2.45) is 0 Å². The lowest BCUT2D eigenvalue weighted by molar-refractivity contribution is -0.139. The molecule has 3 N–H and O–H groups in total. The molecule has 0 saturated heterocycles. The van der Waals surface area contributed by atoms with E-state index in [9.17, 15) is 14.7 Å². The Morgan fingerprint density at radius 2 is 1.77 bits per heavy atom. The number of anilines is 2. The highest BCUT2D eigenvalue weighted by atomic mass is 16.6. The topological polar surface area (TPSA) is 101 Å². The number of nitrogens with one attached hydrogen (secondary N) is 2. The summed E-state index contributed by atoms with van der Waals surface area (Å²) in [5, 5.41) is 17.2. The van der Waals surface area contributed by atoms with Gasteiger partial charge in [0.15, 0.2) is 0 Å². The first-order valence-corrected chi connectivity index (χ1v) is 9.63. The number of alkyl carbamates (subject to hydrolysis) is 1. The van der Waals surface area contributed by atoms with Gasteiger partial charge in [0.2, 0.25) is 0 Å². The van der Waals surface area contributed by atoms with Crippen molar-refractivity contribution in [2.75, 3.05) is 5.32 Å². The zero-order chi connectivity index (χ0) is 21.7. The van der Waals surface area contributed by atoms with Crippen LogP contribution in [0, 0.1) is 0 Å². The summed E-state index contributed by atoms with van der Waals surface area (Å²) in [5.41, 5.74) is 0.903. The average molecular weight is 407 g/mol. The first kappa shape index (κ1) is 21.1. The first-order chi connectivity index (χ1) is 14.2. The third-order valence-corrected chi connectivity index (χ3v) is 4.32. The third-order valence-electron chi connectivity index (χ3n) is 4.32. The third kappa shape index (κ3) is 5.70. The number of hydrogen-bond acceptors (Lipinski definition) is 5. The number of nitrogens with zero attached hydrogens (tertiary/aromatic N) is 1.